The maximum Gasteiger partial charge on any atom is 0.258 e. The van der Waals surface area contributed by atoms with E-state index in [0.717, 1.165) is 11.1 Å². The Morgan fingerprint density at radius 3 is 2.20 bits per heavy atom. The molecule has 3 rings (SSSR count). The smallest absolute Gasteiger partial charge is 0.258 e. The van der Waals surface area contributed by atoms with Gasteiger partial charge in [0.1, 0.15) is 5.75 Å². The Hall–Kier alpha value is -3.64. The number of carbonyl (C=O) groups is 2. The van der Waals surface area contributed by atoms with Crippen molar-refractivity contribution in [3.8, 4) is 5.75 Å². The van der Waals surface area contributed by atoms with Gasteiger partial charge in [0.15, 0.2) is 6.61 Å². The molecule has 6 nitrogen and oxygen atoms in total. The monoisotopic (exact) mass is 483 g/mol. The Morgan fingerprint density at radius 2 is 1.63 bits per heavy atom. The first-order valence-electron chi connectivity index (χ1n) is 15.7. The van der Waals surface area contributed by atoms with Crippen molar-refractivity contribution in [1.29, 1.82) is 0 Å². The Labute approximate surface area is 220 Å². The van der Waals surface area contributed by atoms with Gasteiger partial charge in [0.25, 0.3) is 5.91 Å². The molecule has 3 aromatic rings. The topological polar surface area (TPSA) is 87.7 Å². The molecule has 0 aromatic heterocycles. The molecule has 0 aliphatic heterocycles. The molecule has 3 N–H and O–H groups in total. The lowest BCUT2D eigenvalue weighted by atomic mass is 9.93. The molecule has 0 fully saturated rings. The lowest BCUT2D eigenvalue weighted by Crippen LogP contribution is -2.49. The van der Waals surface area contributed by atoms with Gasteiger partial charge in [-0.25, -0.2) is 0 Å². The van der Waals surface area contributed by atoms with Gasteiger partial charge >= 0.3 is 0 Å². The van der Waals surface area contributed by atoms with Crippen molar-refractivity contribution in [3.63, 3.8) is 0 Å². The molecule has 0 unspecified atom stereocenters. The zero-order chi connectivity index (χ0) is 32.7. The molecular weight excluding hydrogens is 440 g/mol. The summed E-state index contributed by atoms with van der Waals surface area (Å²) < 4.78 is 76.5. The third-order valence-electron chi connectivity index (χ3n) is 5.44. The number of aliphatic hydroxyl groups excluding tert-OH is 1. The van der Waals surface area contributed by atoms with Crippen LogP contribution in [0.4, 0.5) is 0 Å². The van der Waals surface area contributed by atoms with E-state index in [9.17, 15) is 14.7 Å². The van der Waals surface area contributed by atoms with E-state index in [2.05, 4.69) is 10.6 Å². The second-order valence-electron chi connectivity index (χ2n) is 8.08. The predicted octanol–water partition coefficient (Wildman–Crippen LogP) is 3.52. The van der Waals surface area contributed by atoms with Crippen LogP contribution < -0.4 is 15.4 Å². The number of amides is 2. The van der Waals surface area contributed by atoms with Gasteiger partial charge < -0.3 is 20.5 Å². The van der Waals surface area contributed by atoms with Crippen molar-refractivity contribution < 1.29 is 31.8 Å². The summed E-state index contributed by atoms with van der Waals surface area (Å²) in [7, 11) is 0. The van der Waals surface area contributed by atoms with E-state index in [-0.39, 0.29) is 12.8 Å². The molecule has 0 aliphatic carbocycles. The minimum atomic E-state index is -3.09. The molecule has 0 aliphatic rings. The summed E-state index contributed by atoms with van der Waals surface area (Å²) in [5.74, 6) is -1.68. The fraction of sp³-hybridized carbons (Fsp3) is 0.310. The Balaban J connectivity index is 1.87. The van der Waals surface area contributed by atoms with Gasteiger partial charge in [0.05, 0.1) is 16.3 Å². The summed E-state index contributed by atoms with van der Waals surface area (Å²) >= 11 is 0. The molecule has 0 bridgehead atoms. The van der Waals surface area contributed by atoms with E-state index in [1.54, 1.807) is 30.3 Å². The van der Waals surface area contributed by atoms with Crippen LogP contribution in [0.2, 0.25) is 0 Å². The second kappa shape index (κ2) is 13.3. The van der Waals surface area contributed by atoms with E-state index in [1.165, 1.54) is 0 Å². The Bertz CT molecular complexity index is 1380. The average Bonchev–Trinajstić information content (AvgIpc) is 2.94. The number of nitrogens with one attached hydrogen (secondary N) is 2. The molecule has 184 valence electrons. The van der Waals surface area contributed by atoms with Crippen LogP contribution in [0.3, 0.4) is 0 Å². The number of aliphatic hydroxyl groups is 1. The number of carbonyl (C=O) groups excluding carboxylic acids is 2. The molecule has 3 atom stereocenters. The lowest BCUT2D eigenvalue weighted by molar-refractivity contribution is -0.124. The van der Waals surface area contributed by atoms with Crippen molar-refractivity contribution in [3.05, 3.63) is 101 Å². The highest BCUT2D eigenvalue weighted by Gasteiger charge is 2.25. The number of rotatable bonds is 13. The maximum absolute atomic E-state index is 13.2. The highest BCUT2D eigenvalue weighted by atomic mass is 16.5. The standard InChI is InChI=1S/C29H34N2O4/c1-21-10-9-11-22(2)29(21)35-19-28(34)31-26(17-24-14-7-4-8-15-24)27(33)18-25(30-20-32)16-23-12-5-3-6-13-23/h3-15,20,25-27,33H,16-19H2,1-2H3,(H,30,32)(H,31,34)/t25-,26-,27-/m1/s1/i1D3,2D3,9D,10D,11D. The highest BCUT2D eigenvalue weighted by molar-refractivity contribution is 5.78. The Morgan fingerprint density at radius 1 is 1.03 bits per heavy atom. The lowest BCUT2D eigenvalue weighted by Gasteiger charge is -2.28. The Kier molecular flexibility index (Phi) is 6.12. The fourth-order valence-electron chi connectivity index (χ4n) is 3.74. The number of hydrogen-bond acceptors (Lipinski definition) is 4. The molecule has 0 radical (unpaired) electrons. The highest BCUT2D eigenvalue weighted by Crippen LogP contribution is 2.22. The summed E-state index contributed by atoms with van der Waals surface area (Å²) in [6, 6.07) is 14.2. The van der Waals surface area contributed by atoms with E-state index in [4.69, 9.17) is 17.1 Å². The molecule has 35 heavy (non-hydrogen) atoms. The predicted molar refractivity (Wildman–Crippen MR) is 137 cm³/mol. The van der Waals surface area contributed by atoms with Crippen molar-refractivity contribution in [1.82, 2.24) is 10.6 Å². The van der Waals surface area contributed by atoms with E-state index < -0.39 is 79.4 Å². The number of benzene rings is 3. The van der Waals surface area contributed by atoms with Crippen LogP contribution in [0.15, 0.2) is 78.8 Å². The van der Waals surface area contributed by atoms with Crippen molar-refractivity contribution >= 4 is 12.3 Å². The van der Waals surface area contributed by atoms with Crippen LogP contribution in [-0.2, 0) is 22.4 Å². The van der Waals surface area contributed by atoms with E-state index in [1.807, 2.05) is 30.3 Å². The molecule has 0 heterocycles. The maximum atomic E-state index is 13.2. The van der Waals surface area contributed by atoms with Gasteiger partial charge in [0.2, 0.25) is 6.41 Å². The van der Waals surface area contributed by atoms with Gasteiger partial charge in [-0.3, -0.25) is 9.59 Å². The van der Waals surface area contributed by atoms with Crippen molar-refractivity contribution in [2.75, 3.05) is 6.61 Å². The van der Waals surface area contributed by atoms with Gasteiger partial charge in [-0.2, -0.15) is 0 Å². The van der Waals surface area contributed by atoms with Gasteiger partial charge in [-0.15, -0.1) is 0 Å². The zero-order valence-corrected chi connectivity index (χ0v) is 19.1. The summed E-state index contributed by atoms with van der Waals surface area (Å²) in [5, 5.41) is 16.6. The zero-order valence-electron chi connectivity index (χ0n) is 28.1. The number of hydrogen-bond donors (Lipinski definition) is 3. The SMILES string of the molecule is [2H]c1c([2H])c(C([2H])([2H])[2H])c(OCC(=O)N[C@H](Cc2ccccc2)[C@H](O)C[C@@H](Cc2ccccc2)NC=O)c(C([2H])([2H])[2H])c1[2H]. The molecule has 6 heteroatoms. The third-order valence-corrected chi connectivity index (χ3v) is 5.44. The van der Waals surface area contributed by atoms with Crippen LogP contribution in [0.5, 0.6) is 5.75 Å². The first kappa shape index (κ1) is 16.1. The normalized spacial score (nSPS) is 17.8. The quantitative estimate of drug-likeness (QED) is 0.325. The van der Waals surface area contributed by atoms with Gasteiger partial charge in [-0.05, 0) is 55.2 Å². The molecule has 0 saturated heterocycles. The van der Waals surface area contributed by atoms with Crippen molar-refractivity contribution in [2.45, 2.75) is 51.2 Å². The molecule has 0 spiro atoms. The largest absolute Gasteiger partial charge is 0.483 e. The minimum absolute atomic E-state index is 0.0635. The first-order chi connectivity index (χ1) is 20.6. The summed E-state index contributed by atoms with van der Waals surface area (Å²) in [4.78, 5) is 24.5. The van der Waals surface area contributed by atoms with E-state index >= 15 is 0 Å². The summed E-state index contributed by atoms with van der Waals surface area (Å²) in [6.07, 6.45) is 0.0214. The summed E-state index contributed by atoms with van der Waals surface area (Å²) in [6.45, 7) is -7.07. The molecule has 2 amide bonds. The molecular formula is C29H34N2O4. The molecule has 0 saturated carbocycles. The van der Waals surface area contributed by atoms with Crippen LogP contribution in [-0.4, -0.2) is 42.2 Å². The van der Waals surface area contributed by atoms with Crippen LogP contribution >= 0.6 is 0 Å². The number of ether oxygens (including phenoxy) is 1. The van der Waals surface area contributed by atoms with Gasteiger partial charge in [-0.1, -0.05) is 78.8 Å². The summed E-state index contributed by atoms with van der Waals surface area (Å²) in [5.41, 5.74) is -0.0738. The van der Waals surface area contributed by atoms with Crippen LogP contribution in [0.25, 0.3) is 0 Å². The molecule has 3 aromatic carbocycles. The van der Waals surface area contributed by atoms with Crippen LogP contribution in [0.1, 0.15) is 41.0 Å². The first-order valence-corrected chi connectivity index (χ1v) is 11.2. The van der Waals surface area contributed by atoms with Crippen LogP contribution in [0, 0.1) is 13.7 Å². The third kappa shape index (κ3) is 8.26. The average molecular weight is 484 g/mol. The number of para-hydroxylation sites is 1. The van der Waals surface area contributed by atoms with Crippen molar-refractivity contribution in [2.24, 2.45) is 0 Å². The second-order valence-corrected chi connectivity index (χ2v) is 8.08. The minimum Gasteiger partial charge on any atom is -0.483 e. The van der Waals surface area contributed by atoms with E-state index in [0.29, 0.717) is 12.8 Å². The van der Waals surface area contributed by atoms with Gasteiger partial charge in [0, 0.05) is 14.3 Å². The fourth-order valence-corrected chi connectivity index (χ4v) is 3.74.